The first-order valence-corrected chi connectivity index (χ1v) is 13.2. The number of guanidine groups is 1. The molecule has 7 nitrogen and oxygen atoms in total. The zero-order valence-corrected chi connectivity index (χ0v) is 21.8. The molecule has 2 fully saturated rings. The summed E-state index contributed by atoms with van der Waals surface area (Å²) in [7, 11) is -2.90. The molecule has 9 heteroatoms. The van der Waals surface area contributed by atoms with E-state index < -0.39 is 9.84 Å². The number of likely N-dealkylation sites (tertiary alicyclic amines) is 1. The zero-order chi connectivity index (χ0) is 21.4. The molecule has 1 aliphatic carbocycles. The van der Waals surface area contributed by atoms with E-state index in [-0.39, 0.29) is 29.7 Å². The van der Waals surface area contributed by atoms with Gasteiger partial charge in [0.05, 0.1) is 18.4 Å². The summed E-state index contributed by atoms with van der Waals surface area (Å²) in [5, 5.41) is 6.90. The second-order valence-corrected chi connectivity index (χ2v) is 10.6. The Kier molecular flexibility index (Phi) is 10.8. The first kappa shape index (κ1) is 26.2. The Balaban J connectivity index is 0.00000341. The van der Waals surface area contributed by atoms with E-state index in [1.807, 2.05) is 18.2 Å². The molecule has 0 unspecified atom stereocenters. The third-order valence-corrected chi connectivity index (χ3v) is 6.70. The maximum absolute atomic E-state index is 11.4. The van der Waals surface area contributed by atoms with Gasteiger partial charge in [-0.25, -0.2) is 13.4 Å². The second-order valence-electron chi connectivity index (χ2n) is 8.36. The number of hydrogen-bond donors (Lipinski definition) is 2. The van der Waals surface area contributed by atoms with Gasteiger partial charge < -0.3 is 20.3 Å². The van der Waals surface area contributed by atoms with Gasteiger partial charge in [0.2, 0.25) is 0 Å². The standard InChI is InChI=1S/C22H36N4O3S.HI/c1-3-23-22(25-19-11-13-26(14-12-19)15-16-30(2,27)28)24-17-18-7-4-5-10-21(18)29-20-8-6-9-20;/h4-5,7,10,19-20H,3,6,8-9,11-17H2,1-2H3,(H2,23,24,25);1H. The number of piperidine rings is 1. The van der Waals surface area contributed by atoms with E-state index in [0.29, 0.717) is 25.2 Å². The van der Waals surface area contributed by atoms with Crippen LogP contribution in [-0.4, -0.2) is 69.6 Å². The van der Waals surface area contributed by atoms with E-state index in [1.54, 1.807) is 0 Å². The lowest BCUT2D eigenvalue weighted by molar-refractivity contribution is 0.119. The molecule has 1 heterocycles. The zero-order valence-electron chi connectivity index (χ0n) is 18.7. The molecular weight excluding hydrogens is 527 g/mol. The molecule has 0 aromatic heterocycles. The fraction of sp³-hybridized carbons (Fsp3) is 0.682. The largest absolute Gasteiger partial charge is 0.490 e. The van der Waals surface area contributed by atoms with Gasteiger partial charge in [-0.15, -0.1) is 24.0 Å². The monoisotopic (exact) mass is 564 g/mol. The molecule has 0 amide bonds. The highest BCUT2D eigenvalue weighted by Gasteiger charge is 2.22. The summed E-state index contributed by atoms with van der Waals surface area (Å²) in [4.78, 5) is 7.03. The lowest BCUT2D eigenvalue weighted by Gasteiger charge is -2.33. The summed E-state index contributed by atoms with van der Waals surface area (Å²) in [6.07, 6.45) is 7.16. The summed E-state index contributed by atoms with van der Waals surface area (Å²) in [6, 6.07) is 8.52. The Morgan fingerprint density at radius 1 is 1.19 bits per heavy atom. The smallest absolute Gasteiger partial charge is 0.191 e. The minimum absolute atomic E-state index is 0. The molecule has 0 radical (unpaired) electrons. The first-order chi connectivity index (χ1) is 14.4. The summed E-state index contributed by atoms with van der Waals surface area (Å²) >= 11 is 0. The molecule has 2 aliphatic rings. The van der Waals surface area contributed by atoms with Crippen LogP contribution in [0.5, 0.6) is 5.75 Å². The van der Waals surface area contributed by atoms with Crippen LogP contribution in [-0.2, 0) is 16.4 Å². The van der Waals surface area contributed by atoms with Crippen molar-refractivity contribution < 1.29 is 13.2 Å². The topological polar surface area (TPSA) is 83.0 Å². The van der Waals surface area contributed by atoms with E-state index in [1.165, 1.54) is 12.7 Å². The van der Waals surface area contributed by atoms with Crippen LogP contribution in [0.3, 0.4) is 0 Å². The van der Waals surface area contributed by atoms with E-state index in [4.69, 9.17) is 9.73 Å². The fourth-order valence-electron chi connectivity index (χ4n) is 3.69. The fourth-order valence-corrected chi connectivity index (χ4v) is 4.28. The van der Waals surface area contributed by atoms with Gasteiger partial charge in [0.1, 0.15) is 15.6 Å². The highest BCUT2D eigenvalue weighted by molar-refractivity contribution is 14.0. The molecule has 0 atom stereocenters. The van der Waals surface area contributed by atoms with Crippen LogP contribution in [0.1, 0.15) is 44.6 Å². The third kappa shape index (κ3) is 9.13. The van der Waals surface area contributed by atoms with Crippen molar-refractivity contribution in [2.24, 2.45) is 4.99 Å². The van der Waals surface area contributed by atoms with Crippen molar-refractivity contribution in [2.45, 2.75) is 57.7 Å². The number of benzene rings is 1. The number of nitrogens with one attached hydrogen (secondary N) is 2. The Bertz CT molecular complexity index is 807. The molecule has 31 heavy (non-hydrogen) atoms. The molecule has 0 spiro atoms. The van der Waals surface area contributed by atoms with Crippen molar-refractivity contribution in [1.82, 2.24) is 15.5 Å². The molecule has 1 aromatic carbocycles. The third-order valence-electron chi connectivity index (χ3n) is 5.78. The normalized spacial score (nSPS) is 18.7. The van der Waals surface area contributed by atoms with Gasteiger partial charge in [0.25, 0.3) is 0 Å². The highest BCUT2D eigenvalue weighted by Crippen LogP contribution is 2.27. The van der Waals surface area contributed by atoms with Crippen molar-refractivity contribution >= 4 is 39.8 Å². The molecule has 176 valence electrons. The van der Waals surface area contributed by atoms with Crippen LogP contribution in [0.2, 0.25) is 0 Å². The summed E-state index contributed by atoms with van der Waals surface area (Å²) in [6.45, 7) is 5.89. The van der Waals surface area contributed by atoms with E-state index in [0.717, 1.165) is 62.6 Å². The molecular formula is C22H37IN4O3S. The van der Waals surface area contributed by atoms with Crippen LogP contribution < -0.4 is 15.4 Å². The Morgan fingerprint density at radius 3 is 2.52 bits per heavy atom. The highest BCUT2D eigenvalue weighted by atomic mass is 127. The number of nitrogens with zero attached hydrogens (tertiary/aromatic N) is 2. The summed E-state index contributed by atoms with van der Waals surface area (Å²) in [5.41, 5.74) is 1.11. The number of halogens is 1. The lowest BCUT2D eigenvalue weighted by atomic mass is 9.96. The van der Waals surface area contributed by atoms with Crippen LogP contribution in [0.4, 0.5) is 0 Å². The molecule has 1 saturated carbocycles. The maximum atomic E-state index is 11.4. The Morgan fingerprint density at radius 2 is 1.90 bits per heavy atom. The molecule has 1 aliphatic heterocycles. The SMILES string of the molecule is CCNC(=NCc1ccccc1OC1CCC1)NC1CCN(CCS(C)(=O)=O)CC1.I. The molecule has 0 bridgehead atoms. The summed E-state index contributed by atoms with van der Waals surface area (Å²) in [5.74, 6) is 2.00. The van der Waals surface area contributed by atoms with Crippen LogP contribution in [0.15, 0.2) is 29.3 Å². The minimum Gasteiger partial charge on any atom is -0.490 e. The van der Waals surface area contributed by atoms with E-state index in [2.05, 4.69) is 28.5 Å². The average molecular weight is 565 g/mol. The van der Waals surface area contributed by atoms with Gasteiger partial charge in [-0.3, -0.25) is 0 Å². The van der Waals surface area contributed by atoms with Crippen molar-refractivity contribution in [2.75, 3.05) is 38.2 Å². The lowest BCUT2D eigenvalue weighted by Crippen LogP contribution is -2.49. The van der Waals surface area contributed by atoms with Crippen molar-refractivity contribution in [1.29, 1.82) is 0 Å². The predicted molar refractivity (Wildman–Crippen MR) is 137 cm³/mol. The second kappa shape index (κ2) is 12.8. The van der Waals surface area contributed by atoms with Crippen LogP contribution >= 0.6 is 24.0 Å². The van der Waals surface area contributed by atoms with E-state index >= 15 is 0 Å². The van der Waals surface area contributed by atoms with Gasteiger partial charge in [-0.1, -0.05) is 18.2 Å². The average Bonchev–Trinajstić information content (AvgIpc) is 2.68. The van der Waals surface area contributed by atoms with E-state index in [9.17, 15) is 8.42 Å². The van der Waals surface area contributed by atoms with Gasteiger partial charge in [0, 0.05) is 44.0 Å². The molecule has 3 rings (SSSR count). The number of hydrogen-bond acceptors (Lipinski definition) is 5. The van der Waals surface area contributed by atoms with Crippen molar-refractivity contribution in [3.8, 4) is 5.75 Å². The molecule has 1 aromatic rings. The summed E-state index contributed by atoms with van der Waals surface area (Å²) < 4.78 is 28.9. The first-order valence-electron chi connectivity index (χ1n) is 11.1. The van der Waals surface area contributed by atoms with Gasteiger partial charge in [-0.05, 0) is 45.1 Å². The molecule has 2 N–H and O–H groups in total. The van der Waals surface area contributed by atoms with Crippen LogP contribution in [0.25, 0.3) is 0 Å². The van der Waals surface area contributed by atoms with Gasteiger partial charge in [-0.2, -0.15) is 0 Å². The van der Waals surface area contributed by atoms with Crippen molar-refractivity contribution in [3.05, 3.63) is 29.8 Å². The number of aliphatic imine (C=N–C) groups is 1. The predicted octanol–water partition coefficient (Wildman–Crippen LogP) is 2.80. The quantitative estimate of drug-likeness (QED) is 0.273. The number of ether oxygens (including phenoxy) is 1. The maximum Gasteiger partial charge on any atom is 0.191 e. The van der Waals surface area contributed by atoms with Gasteiger partial charge >= 0.3 is 0 Å². The van der Waals surface area contributed by atoms with Gasteiger partial charge in [0.15, 0.2) is 5.96 Å². The van der Waals surface area contributed by atoms with Crippen molar-refractivity contribution in [3.63, 3.8) is 0 Å². The number of sulfone groups is 1. The van der Waals surface area contributed by atoms with Crippen LogP contribution in [0, 0.1) is 0 Å². The minimum atomic E-state index is -2.90. The molecule has 1 saturated heterocycles. The number of para-hydroxylation sites is 1. The Labute approximate surface area is 204 Å². The number of rotatable bonds is 9. The Hall–Kier alpha value is -1.07.